The minimum absolute atomic E-state index is 0.145. The zero-order valence-electron chi connectivity index (χ0n) is 8.16. The molecule has 0 saturated carbocycles. The lowest BCUT2D eigenvalue weighted by atomic mass is 9.83. The summed E-state index contributed by atoms with van der Waals surface area (Å²) in [5, 5.41) is 9.95. The van der Waals surface area contributed by atoms with Gasteiger partial charge < -0.3 is 5.11 Å². The van der Waals surface area contributed by atoms with Crippen LogP contribution in [-0.4, -0.2) is 35.2 Å². The van der Waals surface area contributed by atoms with Gasteiger partial charge in [-0.2, -0.15) is 0 Å². The molecule has 1 aliphatic rings. The molecular weight excluding hydrogens is 162 g/mol. The average molecular weight is 179 g/mol. The summed E-state index contributed by atoms with van der Waals surface area (Å²) in [4.78, 5) is 2.25. The van der Waals surface area contributed by atoms with E-state index >= 15 is 0 Å². The molecule has 0 aromatic carbocycles. The van der Waals surface area contributed by atoms with Gasteiger partial charge in [0.25, 0.3) is 0 Å². The van der Waals surface area contributed by atoms with Gasteiger partial charge in [-0.3, -0.25) is 4.90 Å². The zero-order chi connectivity index (χ0) is 9.90. The molecule has 2 unspecified atom stereocenters. The van der Waals surface area contributed by atoms with Gasteiger partial charge in [0.1, 0.15) is 5.60 Å². The van der Waals surface area contributed by atoms with E-state index in [9.17, 15) is 5.11 Å². The molecule has 2 atom stereocenters. The molecule has 0 amide bonds. The molecule has 1 fully saturated rings. The lowest BCUT2D eigenvalue weighted by Gasteiger charge is -2.39. The molecule has 1 N–H and O–H groups in total. The van der Waals surface area contributed by atoms with Crippen molar-refractivity contribution in [2.24, 2.45) is 5.92 Å². The van der Waals surface area contributed by atoms with Crippen molar-refractivity contribution in [1.82, 2.24) is 4.90 Å². The van der Waals surface area contributed by atoms with E-state index in [1.54, 1.807) is 0 Å². The van der Waals surface area contributed by atoms with Crippen LogP contribution in [0.5, 0.6) is 0 Å². The molecule has 1 heterocycles. The van der Waals surface area contributed by atoms with Gasteiger partial charge in [-0.15, -0.1) is 13.0 Å². The zero-order valence-corrected chi connectivity index (χ0v) is 8.16. The molecular formula is C11H17NO. The van der Waals surface area contributed by atoms with E-state index in [0.29, 0.717) is 6.42 Å². The summed E-state index contributed by atoms with van der Waals surface area (Å²) in [7, 11) is 0. The van der Waals surface area contributed by atoms with Crippen molar-refractivity contribution >= 4 is 0 Å². The first kappa shape index (κ1) is 10.3. The summed E-state index contributed by atoms with van der Waals surface area (Å²) in [6.07, 6.45) is 7.86. The van der Waals surface area contributed by atoms with Crippen LogP contribution in [0, 0.1) is 18.3 Å². The van der Waals surface area contributed by atoms with Crippen LogP contribution in [0.1, 0.15) is 13.3 Å². The molecule has 0 bridgehead atoms. The summed E-state index contributed by atoms with van der Waals surface area (Å²) in [6, 6.07) is 0. The Morgan fingerprint density at radius 1 is 1.85 bits per heavy atom. The maximum Gasteiger partial charge on any atom is 0.130 e. The lowest BCUT2D eigenvalue weighted by molar-refractivity contribution is -0.0162. The van der Waals surface area contributed by atoms with Crippen molar-refractivity contribution < 1.29 is 5.11 Å². The van der Waals surface area contributed by atoms with E-state index < -0.39 is 5.60 Å². The fourth-order valence-corrected chi connectivity index (χ4v) is 1.77. The summed E-state index contributed by atoms with van der Waals surface area (Å²) in [5.41, 5.74) is -0.891. The third-order valence-electron chi connectivity index (χ3n) is 2.79. The smallest absolute Gasteiger partial charge is 0.130 e. The van der Waals surface area contributed by atoms with Gasteiger partial charge in [0, 0.05) is 32.0 Å². The van der Waals surface area contributed by atoms with E-state index in [1.165, 1.54) is 0 Å². The summed E-state index contributed by atoms with van der Waals surface area (Å²) in [5.74, 6) is 2.64. The van der Waals surface area contributed by atoms with Crippen LogP contribution in [0.3, 0.4) is 0 Å². The van der Waals surface area contributed by atoms with Gasteiger partial charge >= 0.3 is 0 Å². The van der Waals surface area contributed by atoms with Gasteiger partial charge in [-0.1, -0.05) is 18.9 Å². The maximum absolute atomic E-state index is 9.95. The second kappa shape index (κ2) is 3.95. The highest BCUT2D eigenvalue weighted by Gasteiger charge is 2.36. The van der Waals surface area contributed by atoms with Gasteiger partial charge in [0.2, 0.25) is 0 Å². The summed E-state index contributed by atoms with van der Waals surface area (Å²) < 4.78 is 0. The standard InChI is InChI=1S/C11H17NO/c1-4-7-12-8-6-11(13,5-2)10(3)9-12/h2,4,10,13H,1,6-9H2,3H3. The minimum Gasteiger partial charge on any atom is -0.377 e. The van der Waals surface area contributed by atoms with Gasteiger partial charge in [0.15, 0.2) is 0 Å². The van der Waals surface area contributed by atoms with E-state index in [0.717, 1.165) is 19.6 Å². The summed E-state index contributed by atoms with van der Waals surface area (Å²) >= 11 is 0. The van der Waals surface area contributed by atoms with Crippen molar-refractivity contribution in [3.05, 3.63) is 12.7 Å². The van der Waals surface area contributed by atoms with Gasteiger partial charge in [-0.05, 0) is 0 Å². The molecule has 0 radical (unpaired) electrons. The third kappa shape index (κ3) is 2.12. The Kier molecular flexibility index (Phi) is 3.13. The van der Waals surface area contributed by atoms with Crippen LogP contribution in [0.4, 0.5) is 0 Å². The first-order chi connectivity index (χ1) is 6.12. The minimum atomic E-state index is -0.891. The predicted molar refractivity (Wildman–Crippen MR) is 54.2 cm³/mol. The van der Waals surface area contributed by atoms with Gasteiger partial charge in [0.05, 0.1) is 0 Å². The van der Waals surface area contributed by atoms with Crippen LogP contribution in [0.25, 0.3) is 0 Å². The van der Waals surface area contributed by atoms with Crippen molar-refractivity contribution in [2.75, 3.05) is 19.6 Å². The normalized spacial score (nSPS) is 35.3. The fourth-order valence-electron chi connectivity index (χ4n) is 1.77. The van der Waals surface area contributed by atoms with Gasteiger partial charge in [-0.25, -0.2) is 0 Å². The Bertz CT molecular complexity index is 231. The molecule has 1 saturated heterocycles. The van der Waals surface area contributed by atoms with Crippen molar-refractivity contribution in [3.8, 4) is 12.3 Å². The number of hydrogen-bond acceptors (Lipinski definition) is 2. The first-order valence-electron chi connectivity index (χ1n) is 4.66. The second-order valence-corrected chi connectivity index (χ2v) is 3.77. The number of terminal acetylenes is 1. The number of aliphatic hydroxyl groups is 1. The highest BCUT2D eigenvalue weighted by atomic mass is 16.3. The molecule has 13 heavy (non-hydrogen) atoms. The quantitative estimate of drug-likeness (QED) is 0.502. The van der Waals surface area contributed by atoms with Crippen LogP contribution >= 0.6 is 0 Å². The maximum atomic E-state index is 9.95. The summed E-state index contributed by atoms with van der Waals surface area (Å²) in [6.45, 7) is 8.28. The van der Waals surface area contributed by atoms with Crippen molar-refractivity contribution in [1.29, 1.82) is 0 Å². The largest absolute Gasteiger partial charge is 0.377 e. The molecule has 2 heteroatoms. The highest BCUT2D eigenvalue weighted by molar-refractivity contribution is 5.12. The number of rotatable bonds is 2. The predicted octanol–water partition coefficient (Wildman–Crippen LogP) is 0.879. The Morgan fingerprint density at radius 2 is 2.54 bits per heavy atom. The van der Waals surface area contributed by atoms with Crippen LogP contribution in [-0.2, 0) is 0 Å². The van der Waals surface area contributed by atoms with E-state index in [1.807, 2.05) is 13.0 Å². The molecule has 2 nitrogen and oxygen atoms in total. The number of nitrogens with zero attached hydrogens (tertiary/aromatic N) is 1. The second-order valence-electron chi connectivity index (χ2n) is 3.77. The van der Waals surface area contributed by atoms with Crippen molar-refractivity contribution in [3.63, 3.8) is 0 Å². The fraction of sp³-hybridized carbons (Fsp3) is 0.636. The Hall–Kier alpha value is -0.780. The van der Waals surface area contributed by atoms with Crippen LogP contribution in [0.15, 0.2) is 12.7 Å². The topological polar surface area (TPSA) is 23.5 Å². The number of piperidine rings is 1. The lowest BCUT2D eigenvalue weighted by Crippen LogP contribution is -2.49. The van der Waals surface area contributed by atoms with E-state index in [-0.39, 0.29) is 5.92 Å². The SMILES string of the molecule is C#CC1(O)CCN(CC=C)CC1C. The first-order valence-corrected chi connectivity index (χ1v) is 4.66. The molecule has 72 valence electrons. The van der Waals surface area contributed by atoms with E-state index in [2.05, 4.69) is 17.4 Å². The molecule has 1 aliphatic heterocycles. The van der Waals surface area contributed by atoms with E-state index in [4.69, 9.17) is 6.42 Å². The Labute approximate surface area is 80.2 Å². The Balaban J connectivity index is 2.57. The average Bonchev–Trinajstić information content (AvgIpc) is 2.12. The van der Waals surface area contributed by atoms with Crippen LogP contribution < -0.4 is 0 Å². The molecule has 1 rings (SSSR count). The van der Waals surface area contributed by atoms with Crippen molar-refractivity contribution in [2.45, 2.75) is 18.9 Å². The molecule has 0 aromatic heterocycles. The van der Waals surface area contributed by atoms with Crippen LogP contribution in [0.2, 0.25) is 0 Å². The number of likely N-dealkylation sites (tertiary alicyclic amines) is 1. The molecule has 0 aromatic rings. The molecule has 0 aliphatic carbocycles. The molecule has 0 spiro atoms. The monoisotopic (exact) mass is 179 g/mol. The highest BCUT2D eigenvalue weighted by Crippen LogP contribution is 2.26. The third-order valence-corrected chi connectivity index (χ3v) is 2.79. The Morgan fingerprint density at radius 3 is 3.00 bits per heavy atom. The number of hydrogen-bond donors (Lipinski definition) is 1.